The molecular formula is C15H29NO3S. The third kappa shape index (κ3) is 5.26. The molecule has 0 aliphatic heterocycles. The van der Waals surface area contributed by atoms with Gasteiger partial charge in [-0.2, -0.15) is 0 Å². The van der Waals surface area contributed by atoms with Crippen LogP contribution in [0.4, 0.5) is 0 Å². The van der Waals surface area contributed by atoms with Crippen molar-refractivity contribution in [1.29, 1.82) is 0 Å². The van der Waals surface area contributed by atoms with Gasteiger partial charge in [-0.3, -0.25) is 4.79 Å². The highest BCUT2D eigenvalue weighted by atomic mass is 32.2. The molecule has 5 heteroatoms. The zero-order chi connectivity index (χ0) is 15.3. The lowest BCUT2D eigenvalue weighted by Crippen LogP contribution is -2.47. The van der Waals surface area contributed by atoms with E-state index in [-0.39, 0.29) is 22.7 Å². The maximum absolute atomic E-state index is 12.1. The largest absolute Gasteiger partial charge is 0.598 e. The van der Waals surface area contributed by atoms with Gasteiger partial charge in [0.15, 0.2) is 0 Å². The second kappa shape index (κ2) is 7.66. The van der Waals surface area contributed by atoms with Gasteiger partial charge in [-0.25, -0.2) is 0 Å². The molecule has 0 amide bonds. The monoisotopic (exact) mass is 303 g/mol. The highest BCUT2D eigenvalue weighted by Gasteiger charge is 2.34. The molecule has 0 bridgehead atoms. The van der Waals surface area contributed by atoms with Crippen LogP contribution in [0, 0.1) is 11.8 Å². The molecule has 1 saturated carbocycles. The van der Waals surface area contributed by atoms with E-state index >= 15 is 0 Å². The van der Waals surface area contributed by atoms with E-state index in [4.69, 9.17) is 4.74 Å². The van der Waals surface area contributed by atoms with Gasteiger partial charge in [-0.05, 0) is 66.2 Å². The summed E-state index contributed by atoms with van der Waals surface area (Å²) in [5.41, 5.74) is 0. The van der Waals surface area contributed by atoms with Crippen LogP contribution in [0.1, 0.15) is 60.3 Å². The molecule has 1 aliphatic carbocycles. The van der Waals surface area contributed by atoms with Crippen molar-refractivity contribution >= 4 is 17.3 Å². The van der Waals surface area contributed by atoms with Crippen LogP contribution in [0.2, 0.25) is 0 Å². The van der Waals surface area contributed by atoms with Gasteiger partial charge in [0.1, 0.15) is 4.75 Å². The normalized spacial score (nSPS) is 26.9. The van der Waals surface area contributed by atoms with Gasteiger partial charge in [0.25, 0.3) is 0 Å². The smallest absolute Gasteiger partial charge is 0.308 e. The minimum Gasteiger partial charge on any atom is -0.598 e. The first-order chi connectivity index (χ1) is 9.25. The van der Waals surface area contributed by atoms with Crippen molar-refractivity contribution in [2.45, 2.75) is 71.1 Å². The summed E-state index contributed by atoms with van der Waals surface area (Å²) < 4.78 is 20.2. The molecular weight excluding hydrogens is 274 g/mol. The Morgan fingerprint density at radius 1 is 1.35 bits per heavy atom. The molecule has 0 aromatic heterocycles. The molecule has 118 valence electrons. The average molecular weight is 303 g/mol. The van der Waals surface area contributed by atoms with Crippen molar-refractivity contribution < 1.29 is 14.1 Å². The lowest BCUT2D eigenvalue weighted by atomic mass is 9.79. The first-order valence-electron chi connectivity index (χ1n) is 7.60. The average Bonchev–Trinajstić information content (AvgIpc) is 2.38. The fourth-order valence-corrected chi connectivity index (χ4v) is 3.44. The number of hydrogen-bond donors (Lipinski definition) is 1. The number of esters is 1. The number of nitrogens with one attached hydrogen (secondary N) is 1. The van der Waals surface area contributed by atoms with E-state index in [1.165, 1.54) is 0 Å². The highest BCUT2D eigenvalue weighted by Crippen LogP contribution is 2.32. The molecule has 0 aromatic rings. The topological polar surface area (TPSA) is 61.4 Å². The number of hydrogen-bond acceptors (Lipinski definition) is 4. The highest BCUT2D eigenvalue weighted by molar-refractivity contribution is 7.90. The Kier molecular flexibility index (Phi) is 6.82. The molecule has 20 heavy (non-hydrogen) atoms. The van der Waals surface area contributed by atoms with Crippen LogP contribution in [0.15, 0.2) is 0 Å². The van der Waals surface area contributed by atoms with Crippen molar-refractivity contribution in [3.63, 3.8) is 0 Å². The summed E-state index contributed by atoms with van der Waals surface area (Å²) in [6, 6.07) is 0.221. The molecule has 4 nitrogen and oxygen atoms in total. The van der Waals surface area contributed by atoms with E-state index in [2.05, 4.69) is 11.6 Å². The van der Waals surface area contributed by atoms with Crippen LogP contribution in [-0.2, 0) is 20.9 Å². The molecule has 0 radical (unpaired) electrons. The van der Waals surface area contributed by atoms with Crippen LogP contribution >= 0.6 is 0 Å². The maximum atomic E-state index is 12.1. The van der Waals surface area contributed by atoms with Crippen molar-refractivity contribution in [3.05, 3.63) is 0 Å². The van der Waals surface area contributed by atoms with Crippen LogP contribution < -0.4 is 4.72 Å². The molecule has 0 aromatic carbocycles. The Balaban J connectivity index is 2.39. The van der Waals surface area contributed by atoms with Gasteiger partial charge < -0.3 is 9.29 Å². The summed E-state index contributed by atoms with van der Waals surface area (Å²) in [5, 5.41) is 0. The number of carbonyl (C=O) groups is 1. The molecule has 0 heterocycles. The molecule has 0 saturated heterocycles. The summed E-state index contributed by atoms with van der Waals surface area (Å²) in [6.07, 6.45) is 3.77. The number of ether oxygens (including phenoxy) is 1. The van der Waals surface area contributed by atoms with E-state index in [0.717, 1.165) is 25.7 Å². The lowest BCUT2D eigenvalue weighted by molar-refractivity contribution is -0.149. The SMILES string of the molecule is CCOC(=O)C1CCC(C(C)N[S+]([O-])C(C)(C)C)CC1. The standard InChI is InChI=1S/C15H29NO3S/c1-6-19-14(17)13-9-7-12(8-10-13)11(2)16-20(18)15(3,4)5/h11-13,16H,6-10H2,1-5H3. The third-order valence-electron chi connectivity index (χ3n) is 3.95. The second-order valence-corrected chi connectivity index (χ2v) is 8.65. The molecule has 0 spiro atoms. The van der Waals surface area contributed by atoms with Crippen molar-refractivity contribution in [2.75, 3.05) is 6.61 Å². The Hall–Kier alpha value is -0.260. The first kappa shape index (κ1) is 17.8. The van der Waals surface area contributed by atoms with E-state index < -0.39 is 11.4 Å². The van der Waals surface area contributed by atoms with Gasteiger partial charge in [-0.1, -0.05) is 0 Å². The summed E-state index contributed by atoms with van der Waals surface area (Å²) >= 11 is -1.03. The van der Waals surface area contributed by atoms with Gasteiger partial charge in [0.05, 0.1) is 18.6 Å². The fourth-order valence-electron chi connectivity index (χ4n) is 2.56. The third-order valence-corrected chi connectivity index (χ3v) is 5.65. The van der Waals surface area contributed by atoms with Gasteiger partial charge in [0, 0.05) is 11.4 Å². The van der Waals surface area contributed by atoms with Crippen molar-refractivity contribution in [3.8, 4) is 0 Å². The first-order valence-corrected chi connectivity index (χ1v) is 8.75. The van der Waals surface area contributed by atoms with Crippen LogP contribution in [0.5, 0.6) is 0 Å². The molecule has 1 fully saturated rings. The quantitative estimate of drug-likeness (QED) is 0.626. The Morgan fingerprint density at radius 3 is 2.35 bits per heavy atom. The van der Waals surface area contributed by atoms with Crippen LogP contribution in [0.3, 0.4) is 0 Å². The summed E-state index contributed by atoms with van der Waals surface area (Å²) in [5.74, 6) is 0.503. The van der Waals surface area contributed by atoms with Gasteiger partial charge in [0.2, 0.25) is 0 Å². The van der Waals surface area contributed by atoms with Gasteiger partial charge >= 0.3 is 5.97 Å². The summed E-state index contributed by atoms with van der Waals surface area (Å²) in [6.45, 7) is 10.3. The van der Waals surface area contributed by atoms with E-state index in [1.54, 1.807) is 0 Å². The Labute approximate surface area is 126 Å². The van der Waals surface area contributed by atoms with E-state index in [0.29, 0.717) is 12.5 Å². The zero-order valence-electron chi connectivity index (χ0n) is 13.4. The zero-order valence-corrected chi connectivity index (χ0v) is 14.2. The molecule has 2 atom stereocenters. The lowest BCUT2D eigenvalue weighted by Gasteiger charge is -2.33. The van der Waals surface area contributed by atoms with Gasteiger partial charge in [-0.15, -0.1) is 4.72 Å². The molecule has 2 unspecified atom stereocenters. The Bertz CT molecular complexity index is 309. The minimum atomic E-state index is -1.03. The predicted octanol–water partition coefficient (Wildman–Crippen LogP) is 2.80. The van der Waals surface area contributed by atoms with E-state index in [1.807, 2.05) is 27.7 Å². The van der Waals surface area contributed by atoms with Crippen LogP contribution in [0.25, 0.3) is 0 Å². The van der Waals surface area contributed by atoms with E-state index in [9.17, 15) is 9.35 Å². The minimum absolute atomic E-state index is 0.0511. The van der Waals surface area contributed by atoms with Crippen molar-refractivity contribution in [1.82, 2.24) is 4.72 Å². The number of rotatable bonds is 5. The summed E-state index contributed by atoms with van der Waals surface area (Å²) in [4.78, 5) is 11.7. The predicted molar refractivity (Wildman–Crippen MR) is 82.6 cm³/mol. The molecule has 1 N–H and O–H groups in total. The second-order valence-electron chi connectivity index (χ2n) is 6.65. The Morgan fingerprint density at radius 2 is 1.90 bits per heavy atom. The molecule has 1 aliphatic rings. The van der Waals surface area contributed by atoms with Crippen molar-refractivity contribution in [2.24, 2.45) is 11.8 Å². The maximum Gasteiger partial charge on any atom is 0.308 e. The fraction of sp³-hybridized carbons (Fsp3) is 0.933. The summed E-state index contributed by atoms with van der Waals surface area (Å²) in [7, 11) is 0. The number of carbonyl (C=O) groups excluding carboxylic acids is 1. The molecule has 1 rings (SSSR count). The van der Waals surface area contributed by atoms with Crippen LogP contribution in [-0.4, -0.2) is 27.9 Å².